The van der Waals surface area contributed by atoms with E-state index in [2.05, 4.69) is 79.5 Å². The first-order chi connectivity index (χ1) is 12.0. The summed E-state index contributed by atoms with van der Waals surface area (Å²) in [6.07, 6.45) is 0. The van der Waals surface area contributed by atoms with Gasteiger partial charge < -0.3 is 10.2 Å². The number of carbonyl (C=O) groups excluding carboxylic acids is 1. The minimum Gasteiger partial charge on any atom is -0.372 e. The quantitative estimate of drug-likeness (QED) is 0.700. The van der Waals surface area contributed by atoms with Gasteiger partial charge >= 0.3 is 0 Å². The highest BCUT2D eigenvalue weighted by Crippen LogP contribution is 2.23. The van der Waals surface area contributed by atoms with Gasteiger partial charge in [0.15, 0.2) is 0 Å². The van der Waals surface area contributed by atoms with Gasteiger partial charge in [-0.05, 0) is 57.5 Å². The zero-order chi connectivity index (χ0) is 18.2. The topological polar surface area (TPSA) is 32.3 Å². The van der Waals surface area contributed by atoms with Crippen molar-refractivity contribution >= 4 is 23.4 Å². The summed E-state index contributed by atoms with van der Waals surface area (Å²) in [4.78, 5) is 15.7. The summed E-state index contributed by atoms with van der Waals surface area (Å²) in [5.41, 5.74) is 3.58. The number of benzene rings is 2. The van der Waals surface area contributed by atoms with Crippen molar-refractivity contribution < 1.29 is 4.79 Å². The van der Waals surface area contributed by atoms with E-state index in [-0.39, 0.29) is 11.2 Å². The van der Waals surface area contributed by atoms with Crippen LogP contribution in [0, 0.1) is 6.92 Å². The average Bonchev–Trinajstić information content (AvgIpc) is 2.63. The SMILES string of the molecule is CCN(CC)c1ccc(CNC(=O)[C@H](C)Sc2ccc(C)cc2)cc1. The Hall–Kier alpha value is -1.94. The minimum atomic E-state index is -0.113. The highest BCUT2D eigenvalue weighted by atomic mass is 32.2. The maximum Gasteiger partial charge on any atom is 0.233 e. The number of rotatable bonds is 8. The summed E-state index contributed by atoms with van der Waals surface area (Å²) in [6, 6.07) is 16.7. The molecular weight excluding hydrogens is 328 g/mol. The fourth-order valence-electron chi connectivity index (χ4n) is 2.62. The molecule has 25 heavy (non-hydrogen) atoms. The molecule has 134 valence electrons. The number of nitrogens with zero attached hydrogens (tertiary/aromatic N) is 1. The van der Waals surface area contributed by atoms with Gasteiger partial charge in [0, 0.05) is 30.2 Å². The van der Waals surface area contributed by atoms with Crippen molar-refractivity contribution in [2.75, 3.05) is 18.0 Å². The van der Waals surface area contributed by atoms with Crippen LogP contribution in [0.4, 0.5) is 5.69 Å². The van der Waals surface area contributed by atoms with Crippen molar-refractivity contribution in [2.45, 2.75) is 44.4 Å². The third-order valence-corrected chi connectivity index (χ3v) is 5.35. The van der Waals surface area contributed by atoms with Crippen molar-refractivity contribution in [1.82, 2.24) is 5.32 Å². The molecule has 0 aliphatic carbocycles. The third-order valence-electron chi connectivity index (χ3n) is 4.23. The minimum absolute atomic E-state index is 0.0680. The van der Waals surface area contributed by atoms with Gasteiger partial charge in [0.1, 0.15) is 0 Å². The van der Waals surface area contributed by atoms with Gasteiger partial charge in [-0.2, -0.15) is 0 Å². The van der Waals surface area contributed by atoms with Crippen LogP contribution in [0.25, 0.3) is 0 Å². The molecule has 2 aromatic carbocycles. The number of anilines is 1. The predicted molar refractivity (Wildman–Crippen MR) is 108 cm³/mol. The van der Waals surface area contributed by atoms with E-state index in [1.54, 1.807) is 11.8 Å². The van der Waals surface area contributed by atoms with Gasteiger partial charge in [0.25, 0.3) is 0 Å². The highest BCUT2D eigenvalue weighted by Gasteiger charge is 2.14. The van der Waals surface area contributed by atoms with Crippen LogP contribution in [0.3, 0.4) is 0 Å². The van der Waals surface area contributed by atoms with Crippen LogP contribution in [0.5, 0.6) is 0 Å². The molecule has 0 unspecified atom stereocenters. The van der Waals surface area contributed by atoms with Crippen molar-refractivity contribution in [3.05, 3.63) is 59.7 Å². The molecule has 0 radical (unpaired) electrons. The second-order valence-corrected chi connectivity index (χ2v) is 7.54. The number of carbonyl (C=O) groups is 1. The van der Waals surface area contributed by atoms with Crippen LogP contribution in [0.15, 0.2) is 53.4 Å². The summed E-state index contributed by atoms with van der Waals surface area (Å²) in [7, 11) is 0. The van der Waals surface area contributed by atoms with Crippen molar-refractivity contribution in [1.29, 1.82) is 0 Å². The van der Waals surface area contributed by atoms with E-state index in [0.717, 1.165) is 23.5 Å². The molecule has 0 saturated carbocycles. The summed E-state index contributed by atoms with van der Waals surface area (Å²) in [5.74, 6) is 0.0680. The number of nitrogens with one attached hydrogen (secondary N) is 1. The lowest BCUT2D eigenvalue weighted by Crippen LogP contribution is -2.30. The second-order valence-electron chi connectivity index (χ2n) is 6.13. The maximum absolute atomic E-state index is 12.3. The molecule has 1 N–H and O–H groups in total. The maximum atomic E-state index is 12.3. The van der Waals surface area contributed by atoms with E-state index in [9.17, 15) is 4.79 Å². The van der Waals surface area contributed by atoms with Gasteiger partial charge in [0.05, 0.1) is 5.25 Å². The highest BCUT2D eigenvalue weighted by molar-refractivity contribution is 8.00. The smallest absolute Gasteiger partial charge is 0.233 e. The number of hydrogen-bond acceptors (Lipinski definition) is 3. The van der Waals surface area contributed by atoms with E-state index >= 15 is 0 Å². The zero-order valence-corrected chi connectivity index (χ0v) is 16.4. The molecule has 0 saturated heterocycles. The van der Waals surface area contributed by atoms with Gasteiger partial charge in [-0.15, -0.1) is 11.8 Å². The predicted octanol–water partition coefficient (Wildman–Crippen LogP) is 4.64. The molecule has 0 spiro atoms. The second kappa shape index (κ2) is 9.52. The van der Waals surface area contributed by atoms with Crippen LogP contribution in [-0.2, 0) is 11.3 Å². The van der Waals surface area contributed by atoms with Gasteiger partial charge in [0.2, 0.25) is 5.91 Å². The number of thioether (sulfide) groups is 1. The molecule has 0 aromatic heterocycles. The largest absolute Gasteiger partial charge is 0.372 e. The van der Waals surface area contributed by atoms with Crippen LogP contribution in [0.1, 0.15) is 31.9 Å². The fraction of sp³-hybridized carbons (Fsp3) is 0.381. The lowest BCUT2D eigenvalue weighted by atomic mass is 10.2. The number of amides is 1. The molecule has 4 heteroatoms. The van der Waals surface area contributed by atoms with Crippen LogP contribution in [0.2, 0.25) is 0 Å². The summed E-state index contributed by atoms with van der Waals surface area (Å²) in [5, 5.41) is 2.92. The van der Waals surface area contributed by atoms with Gasteiger partial charge in [-0.25, -0.2) is 0 Å². The van der Waals surface area contributed by atoms with Crippen molar-refractivity contribution in [3.8, 4) is 0 Å². The summed E-state index contributed by atoms with van der Waals surface area (Å²) >= 11 is 1.59. The van der Waals surface area contributed by atoms with Crippen molar-refractivity contribution in [3.63, 3.8) is 0 Å². The zero-order valence-electron chi connectivity index (χ0n) is 15.6. The third kappa shape index (κ3) is 5.82. The van der Waals surface area contributed by atoms with Gasteiger partial charge in [-0.1, -0.05) is 29.8 Å². The molecule has 1 atom stereocenters. The molecule has 0 bridgehead atoms. The Morgan fingerprint density at radius 1 is 1.04 bits per heavy atom. The Morgan fingerprint density at radius 3 is 2.20 bits per heavy atom. The Bertz CT molecular complexity index is 663. The summed E-state index contributed by atoms with van der Waals surface area (Å²) in [6.45, 7) is 10.9. The molecule has 1 amide bonds. The Morgan fingerprint density at radius 2 is 1.64 bits per heavy atom. The molecule has 0 aliphatic heterocycles. The normalized spacial score (nSPS) is 11.8. The van der Waals surface area contributed by atoms with E-state index in [1.165, 1.54) is 11.3 Å². The number of hydrogen-bond donors (Lipinski definition) is 1. The average molecular weight is 357 g/mol. The standard InChI is InChI=1S/C21H28N2OS/c1-5-23(6-2)19-11-9-18(10-12-19)15-22-21(24)17(4)25-20-13-7-16(3)8-14-20/h7-14,17H,5-6,15H2,1-4H3,(H,22,24)/t17-/m0/s1. The first-order valence-electron chi connectivity index (χ1n) is 8.88. The molecule has 0 aliphatic rings. The molecule has 2 aromatic rings. The van der Waals surface area contributed by atoms with E-state index in [1.807, 2.05) is 6.92 Å². The van der Waals surface area contributed by atoms with Gasteiger partial charge in [-0.3, -0.25) is 4.79 Å². The first-order valence-corrected chi connectivity index (χ1v) is 9.76. The Balaban J connectivity index is 1.85. The molecule has 3 nitrogen and oxygen atoms in total. The molecule has 0 heterocycles. The van der Waals surface area contributed by atoms with Crippen molar-refractivity contribution in [2.24, 2.45) is 0 Å². The van der Waals surface area contributed by atoms with E-state index < -0.39 is 0 Å². The Kier molecular flexibility index (Phi) is 7.38. The molecular formula is C21H28N2OS. The van der Waals surface area contributed by atoms with E-state index in [4.69, 9.17) is 0 Å². The molecule has 0 fully saturated rings. The van der Waals surface area contributed by atoms with E-state index in [0.29, 0.717) is 6.54 Å². The number of aryl methyl sites for hydroxylation is 1. The van der Waals surface area contributed by atoms with Crippen LogP contribution < -0.4 is 10.2 Å². The molecule has 2 rings (SSSR count). The monoisotopic (exact) mass is 356 g/mol. The Labute approximate surface area is 155 Å². The lowest BCUT2D eigenvalue weighted by Gasteiger charge is -2.21. The first kappa shape index (κ1) is 19.4. The summed E-state index contributed by atoms with van der Waals surface area (Å²) < 4.78 is 0. The van der Waals surface area contributed by atoms with Crippen LogP contribution >= 0.6 is 11.8 Å². The lowest BCUT2D eigenvalue weighted by molar-refractivity contribution is -0.120. The van der Waals surface area contributed by atoms with Crippen LogP contribution in [-0.4, -0.2) is 24.2 Å². The fourth-order valence-corrected chi connectivity index (χ4v) is 3.51.